The maximum atomic E-state index is 12.2. The molecule has 0 radical (unpaired) electrons. The molecule has 3 aromatic rings. The van der Waals surface area contributed by atoms with E-state index in [0.29, 0.717) is 16.8 Å². The van der Waals surface area contributed by atoms with E-state index in [4.69, 9.17) is 9.56 Å². The molecule has 0 aliphatic carbocycles. The molecule has 3 rings (SSSR count). The molecular weight excluding hydrogens is 448 g/mol. The first kappa shape index (κ1) is 22.5. The molecule has 1 amide bonds. The molecule has 1 heterocycles. The van der Waals surface area contributed by atoms with Crippen LogP contribution in [0.3, 0.4) is 0 Å². The number of oxazole rings is 1. The number of rotatable bonds is 8. The second-order valence-corrected chi connectivity index (χ2v) is 10.1. The van der Waals surface area contributed by atoms with Crippen LogP contribution in [-0.2, 0) is 37.9 Å². The standard InChI is InChI=1S/C18H20N4O7S2/c1-30(25,26)21-13-4-2-3-12(9-13)11-20-17(23)7-8-22-15-6-5-14(31(19,27)28)10-16(15)29-18(22)24/h2-6,9-10,21H,7-8,11H2,1H3,(H,20,23)(H2,19,27,28). The minimum absolute atomic E-state index is 0.0159. The lowest BCUT2D eigenvalue weighted by Gasteiger charge is -2.08. The molecule has 0 fully saturated rings. The van der Waals surface area contributed by atoms with Crippen molar-refractivity contribution in [3.8, 4) is 0 Å². The summed E-state index contributed by atoms with van der Waals surface area (Å²) in [5.74, 6) is -1.07. The average Bonchev–Trinajstić information content (AvgIpc) is 2.97. The number of nitrogens with zero attached hydrogens (tertiary/aromatic N) is 1. The molecular formula is C18H20N4O7S2. The van der Waals surface area contributed by atoms with Crippen LogP contribution >= 0.6 is 0 Å². The van der Waals surface area contributed by atoms with E-state index in [1.54, 1.807) is 24.3 Å². The molecule has 0 saturated carbocycles. The highest BCUT2D eigenvalue weighted by molar-refractivity contribution is 7.92. The summed E-state index contributed by atoms with van der Waals surface area (Å²) in [5.41, 5.74) is 1.45. The summed E-state index contributed by atoms with van der Waals surface area (Å²) in [7, 11) is -7.35. The molecule has 0 bridgehead atoms. The van der Waals surface area contributed by atoms with Crippen molar-refractivity contribution < 1.29 is 26.0 Å². The number of fused-ring (bicyclic) bond motifs is 1. The van der Waals surface area contributed by atoms with Crippen molar-refractivity contribution in [3.05, 3.63) is 58.6 Å². The Kier molecular flexibility index (Phi) is 6.20. The minimum Gasteiger partial charge on any atom is -0.408 e. The summed E-state index contributed by atoms with van der Waals surface area (Å²) in [6, 6.07) is 10.4. The van der Waals surface area contributed by atoms with Crippen LogP contribution in [0.5, 0.6) is 0 Å². The van der Waals surface area contributed by atoms with Crippen LogP contribution in [-0.4, -0.2) is 33.6 Å². The molecule has 13 heteroatoms. The van der Waals surface area contributed by atoms with E-state index in [0.717, 1.165) is 12.3 Å². The largest absolute Gasteiger partial charge is 0.419 e. The van der Waals surface area contributed by atoms with Crippen LogP contribution in [0, 0.1) is 0 Å². The number of amides is 1. The normalized spacial score (nSPS) is 12.1. The van der Waals surface area contributed by atoms with Gasteiger partial charge in [-0.2, -0.15) is 0 Å². The van der Waals surface area contributed by atoms with E-state index in [1.807, 2.05) is 0 Å². The summed E-state index contributed by atoms with van der Waals surface area (Å²) in [6.45, 7) is 0.179. The first-order valence-corrected chi connectivity index (χ1v) is 12.4. The van der Waals surface area contributed by atoms with E-state index in [1.165, 1.54) is 16.7 Å². The molecule has 166 valence electrons. The highest BCUT2D eigenvalue weighted by atomic mass is 32.2. The summed E-state index contributed by atoms with van der Waals surface area (Å²) < 4.78 is 54.1. The number of nitrogens with two attached hydrogens (primary N) is 1. The van der Waals surface area contributed by atoms with Gasteiger partial charge in [-0.25, -0.2) is 26.8 Å². The van der Waals surface area contributed by atoms with Crippen molar-refractivity contribution in [1.82, 2.24) is 9.88 Å². The van der Waals surface area contributed by atoms with Gasteiger partial charge in [0.2, 0.25) is 26.0 Å². The number of carbonyl (C=O) groups excluding carboxylic acids is 1. The molecule has 11 nitrogen and oxygen atoms in total. The number of aromatic nitrogens is 1. The Morgan fingerprint density at radius 1 is 1.13 bits per heavy atom. The number of nitrogens with one attached hydrogen (secondary N) is 2. The highest BCUT2D eigenvalue weighted by Crippen LogP contribution is 2.18. The van der Waals surface area contributed by atoms with Crippen LogP contribution in [0.1, 0.15) is 12.0 Å². The lowest BCUT2D eigenvalue weighted by molar-refractivity contribution is -0.121. The number of benzene rings is 2. The Morgan fingerprint density at radius 3 is 2.55 bits per heavy atom. The third-order valence-electron chi connectivity index (χ3n) is 4.25. The first-order valence-electron chi connectivity index (χ1n) is 8.92. The smallest absolute Gasteiger partial charge is 0.408 e. The quantitative estimate of drug-likeness (QED) is 0.427. The SMILES string of the molecule is CS(=O)(=O)Nc1cccc(CNC(=O)CCn2c(=O)oc3cc(S(N)(=O)=O)ccc32)c1. The molecule has 0 unspecified atom stereocenters. The van der Waals surface area contributed by atoms with E-state index < -0.39 is 25.8 Å². The lowest BCUT2D eigenvalue weighted by atomic mass is 10.2. The Morgan fingerprint density at radius 2 is 1.87 bits per heavy atom. The minimum atomic E-state index is -3.94. The first-order chi connectivity index (χ1) is 14.4. The van der Waals surface area contributed by atoms with E-state index in [-0.39, 0.29) is 35.9 Å². The Balaban J connectivity index is 1.64. The van der Waals surface area contributed by atoms with Gasteiger partial charge in [-0.05, 0) is 29.8 Å². The van der Waals surface area contributed by atoms with Crippen molar-refractivity contribution in [1.29, 1.82) is 0 Å². The summed E-state index contributed by atoms with van der Waals surface area (Å²) in [4.78, 5) is 24.1. The summed E-state index contributed by atoms with van der Waals surface area (Å²) in [5, 5.41) is 7.76. The monoisotopic (exact) mass is 468 g/mol. The van der Waals surface area contributed by atoms with E-state index >= 15 is 0 Å². The van der Waals surface area contributed by atoms with Crippen LogP contribution < -0.4 is 20.9 Å². The molecule has 0 aliphatic rings. The topological polar surface area (TPSA) is 171 Å². The van der Waals surface area contributed by atoms with Gasteiger partial charge in [0.15, 0.2) is 5.58 Å². The molecule has 31 heavy (non-hydrogen) atoms. The zero-order valence-electron chi connectivity index (χ0n) is 16.4. The summed E-state index contributed by atoms with van der Waals surface area (Å²) >= 11 is 0. The van der Waals surface area contributed by atoms with Gasteiger partial charge in [-0.15, -0.1) is 0 Å². The van der Waals surface area contributed by atoms with Gasteiger partial charge < -0.3 is 9.73 Å². The number of carbonyl (C=O) groups is 1. The third-order valence-corrected chi connectivity index (χ3v) is 5.77. The number of hydrogen-bond acceptors (Lipinski definition) is 7. The number of primary sulfonamides is 1. The maximum absolute atomic E-state index is 12.2. The van der Waals surface area contributed by atoms with Gasteiger partial charge in [0.25, 0.3) is 0 Å². The zero-order valence-corrected chi connectivity index (χ0v) is 18.0. The van der Waals surface area contributed by atoms with Crippen molar-refractivity contribution >= 4 is 42.7 Å². The van der Waals surface area contributed by atoms with Crippen molar-refractivity contribution in [3.63, 3.8) is 0 Å². The lowest BCUT2D eigenvalue weighted by Crippen LogP contribution is -2.25. The fourth-order valence-electron chi connectivity index (χ4n) is 2.90. The fraction of sp³-hybridized carbons (Fsp3) is 0.222. The molecule has 1 aromatic heterocycles. The van der Waals surface area contributed by atoms with Crippen LogP contribution in [0.25, 0.3) is 11.1 Å². The Hall–Kier alpha value is -3.16. The van der Waals surface area contributed by atoms with E-state index in [9.17, 15) is 26.4 Å². The highest BCUT2D eigenvalue weighted by Gasteiger charge is 2.15. The van der Waals surface area contributed by atoms with Crippen molar-refractivity contribution in [2.75, 3.05) is 11.0 Å². The number of aryl methyl sites for hydroxylation is 1. The average molecular weight is 469 g/mol. The predicted molar refractivity (Wildman–Crippen MR) is 113 cm³/mol. The van der Waals surface area contributed by atoms with Crippen molar-refractivity contribution in [2.45, 2.75) is 24.4 Å². The molecule has 0 atom stereocenters. The van der Waals surface area contributed by atoms with Gasteiger partial charge in [-0.3, -0.25) is 14.1 Å². The number of hydrogen-bond donors (Lipinski definition) is 3. The Labute approximate surface area is 178 Å². The second kappa shape index (κ2) is 8.53. The second-order valence-electron chi connectivity index (χ2n) is 6.80. The van der Waals surface area contributed by atoms with Gasteiger partial charge in [0, 0.05) is 31.3 Å². The fourth-order valence-corrected chi connectivity index (χ4v) is 3.98. The third kappa shape index (κ3) is 5.93. The van der Waals surface area contributed by atoms with Crippen LogP contribution in [0.4, 0.5) is 5.69 Å². The molecule has 4 N–H and O–H groups in total. The van der Waals surface area contributed by atoms with Crippen LogP contribution in [0.15, 0.2) is 56.6 Å². The van der Waals surface area contributed by atoms with Crippen molar-refractivity contribution in [2.24, 2.45) is 5.14 Å². The van der Waals surface area contributed by atoms with Crippen LogP contribution in [0.2, 0.25) is 0 Å². The van der Waals surface area contributed by atoms with Gasteiger partial charge in [0.1, 0.15) is 0 Å². The maximum Gasteiger partial charge on any atom is 0.419 e. The predicted octanol–water partition coefficient (Wildman–Crippen LogP) is 0.320. The number of anilines is 1. The number of sulfonamides is 2. The van der Waals surface area contributed by atoms with E-state index in [2.05, 4.69) is 10.0 Å². The molecule has 0 saturated heterocycles. The summed E-state index contributed by atoms with van der Waals surface area (Å²) in [6.07, 6.45) is 1.01. The zero-order chi connectivity index (χ0) is 22.8. The molecule has 0 aliphatic heterocycles. The Bertz CT molecular complexity index is 1410. The molecule has 2 aromatic carbocycles. The van der Waals surface area contributed by atoms with Gasteiger partial charge >= 0.3 is 5.76 Å². The molecule has 0 spiro atoms. The van der Waals surface area contributed by atoms with Gasteiger partial charge in [0.05, 0.1) is 16.7 Å². The van der Waals surface area contributed by atoms with Gasteiger partial charge in [-0.1, -0.05) is 12.1 Å².